The van der Waals surface area contributed by atoms with E-state index in [0.717, 1.165) is 25.7 Å². The van der Waals surface area contributed by atoms with E-state index in [1.807, 2.05) is 13.8 Å². The summed E-state index contributed by atoms with van der Waals surface area (Å²) in [6.45, 7) is 5.41. The SMILES string of the molecule is COC1CC(OC2CCC3(C)C(=CCC4(O)C3CCC35C(=O)OC6(C)OC43CCC65)C2)OC(C)C1OC1OC(CO)C(O)C(O)C1O. The Morgan fingerprint density at radius 1 is 0.979 bits per heavy atom. The third-order valence-electron chi connectivity index (χ3n) is 13.9. The van der Waals surface area contributed by atoms with Gasteiger partial charge in [0.1, 0.15) is 47.1 Å². The average Bonchev–Trinajstić information content (AvgIpc) is 3.58. The normalized spacial score (nSPS) is 58.0. The second kappa shape index (κ2) is 10.9. The van der Waals surface area contributed by atoms with E-state index >= 15 is 0 Å². The number of carbonyl (C=O) groups excluding carboxylic acids is 1. The number of fused-ring (bicyclic) bond motifs is 3. The zero-order valence-electron chi connectivity index (χ0n) is 27.6. The summed E-state index contributed by atoms with van der Waals surface area (Å²) in [5.74, 6) is -1.19. The highest BCUT2D eigenvalue weighted by Crippen LogP contribution is 2.79. The van der Waals surface area contributed by atoms with Gasteiger partial charge in [0.15, 0.2) is 12.6 Å². The molecule has 13 nitrogen and oxygen atoms in total. The molecule has 5 N–H and O–H groups in total. The molecule has 1 spiro atoms. The van der Waals surface area contributed by atoms with Gasteiger partial charge in [0, 0.05) is 26.4 Å². The Kier molecular flexibility index (Phi) is 7.63. The van der Waals surface area contributed by atoms with Gasteiger partial charge in [0.2, 0.25) is 5.79 Å². The van der Waals surface area contributed by atoms with E-state index in [1.54, 1.807) is 7.11 Å². The maximum Gasteiger partial charge on any atom is 0.318 e. The number of esters is 1. The van der Waals surface area contributed by atoms with Crippen molar-refractivity contribution in [1.29, 1.82) is 0 Å². The van der Waals surface area contributed by atoms with Gasteiger partial charge < -0.3 is 58.7 Å². The molecule has 7 fully saturated rings. The summed E-state index contributed by atoms with van der Waals surface area (Å²) < 4.78 is 42.7. The Morgan fingerprint density at radius 2 is 1.74 bits per heavy atom. The molecular weight excluding hydrogens is 616 g/mol. The van der Waals surface area contributed by atoms with Gasteiger partial charge in [-0.15, -0.1) is 0 Å². The molecule has 8 rings (SSSR count). The van der Waals surface area contributed by atoms with Gasteiger partial charge in [0.05, 0.1) is 24.9 Å². The van der Waals surface area contributed by atoms with Crippen LogP contribution in [0.15, 0.2) is 11.6 Å². The second-order valence-electron chi connectivity index (χ2n) is 15.8. The number of rotatable bonds is 6. The lowest BCUT2D eigenvalue weighted by atomic mass is 9.44. The maximum absolute atomic E-state index is 13.4. The summed E-state index contributed by atoms with van der Waals surface area (Å²) in [6, 6.07) is 0. The largest absolute Gasteiger partial charge is 0.432 e. The van der Waals surface area contributed by atoms with Crippen LogP contribution in [0.4, 0.5) is 0 Å². The molecule has 4 aliphatic heterocycles. The molecule has 4 bridgehead atoms. The topological polar surface area (TPSA) is 183 Å². The van der Waals surface area contributed by atoms with Crippen LogP contribution in [0.2, 0.25) is 0 Å². The number of carbonyl (C=O) groups is 1. The first-order chi connectivity index (χ1) is 22.3. The molecule has 0 amide bonds. The summed E-state index contributed by atoms with van der Waals surface area (Å²) in [7, 11) is 1.56. The summed E-state index contributed by atoms with van der Waals surface area (Å²) >= 11 is 0. The van der Waals surface area contributed by atoms with Crippen molar-refractivity contribution in [2.45, 2.75) is 157 Å². The highest BCUT2D eigenvalue weighted by atomic mass is 16.8. The van der Waals surface area contributed by atoms with E-state index in [0.29, 0.717) is 32.1 Å². The van der Waals surface area contributed by atoms with Crippen molar-refractivity contribution in [3.8, 4) is 0 Å². The third kappa shape index (κ3) is 4.19. The number of aliphatic hydroxyl groups excluding tert-OH is 4. The van der Waals surface area contributed by atoms with E-state index in [1.165, 1.54) is 5.57 Å². The average molecular weight is 667 g/mol. The van der Waals surface area contributed by atoms with E-state index in [4.69, 9.17) is 33.2 Å². The molecule has 264 valence electrons. The van der Waals surface area contributed by atoms with Crippen LogP contribution in [-0.4, -0.2) is 124 Å². The first-order valence-electron chi connectivity index (χ1n) is 17.4. The van der Waals surface area contributed by atoms with E-state index in [-0.39, 0.29) is 29.3 Å². The Bertz CT molecular complexity index is 1310. The number of methoxy groups -OCH3 is 1. The standard InChI is InChI=1S/C34H50O13/c1-16-27(45-28-26(38)25(37)24(36)20(15-35)44-28)19(41-4)14-23(42-16)43-18-6-9-30(2)17(13-18)5-11-33(40)21(30)7-10-32-22-8-12-34(32,33)47-31(22,3)46-29(32)39/h5,16,18-28,35-38,40H,6-15H2,1-4H3. The lowest BCUT2D eigenvalue weighted by Crippen LogP contribution is -2.73. The summed E-state index contributed by atoms with van der Waals surface area (Å²) in [5, 5.41) is 53.1. The highest BCUT2D eigenvalue weighted by Gasteiger charge is 2.89. The molecule has 13 heteroatoms. The van der Waals surface area contributed by atoms with Crippen molar-refractivity contribution >= 4 is 5.97 Å². The minimum atomic E-state index is -1.55. The minimum Gasteiger partial charge on any atom is -0.432 e. The molecule has 17 atom stereocenters. The fourth-order valence-corrected chi connectivity index (χ4v) is 11.6. The van der Waals surface area contributed by atoms with Crippen molar-refractivity contribution in [3.05, 3.63) is 11.6 Å². The van der Waals surface area contributed by atoms with Crippen LogP contribution in [0, 0.1) is 22.7 Å². The molecule has 17 unspecified atom stereocenters. The summed E-state index contributed by atoms with van der Waals surface area (Å²) in [5.41, 5.74) is -1.79. The number of hydrogen-bond acceptors (Lipinski definition) is 13. The van der Waals surface area contributed by atoms with Crippen molar-refractivity contribution in [2.75, 3.05) is 13.7 Å². The van der Waals surface area contributed by atoms with E-state index < -0.39 is 84.3 Å². The minimum absolute atomic E-state index is 0.00851. The van der Waals surface area contributed by atoms with Crippen LogP contribution in [0.5, 0.6) is 0 Å². The van der Waals surface area contributed by atoms with Crippen LogP contribution in [0.3, 0.4) is 0 Å². The molecule has 0 aromatic heterocycles. The fraction of sp³-hybridized carbons (Fsp3) is 0.912. The van der Waals surface area contributed by atoms with Gasteiger partial charge in [-0.25, -0.2) is 0 Å². The number of aliphatic hydroxyl groups is 5. The predicted octanol–water partition coefficient (Wildman–Crippen LogP) is 0.806. The van der Waals surface area contributed by atoms with Crippen molar-refractivity contribution < 1.29 is 63.5 Å². The van der Waals surface area contributed by atoms with Crippen LogP contribution >= 0.6 is 0 Å². The van der Waals surface area contributed by atoms with Gasteiger partial charge in [0.25, 0.3) is 0 Å². The van der Waals surface area contributed by atoms with Crippen LogP contribution in [-0.2, 0) is 38.0 Å². The second-order valence-corrected chi connectivity index (χ2v) is 15.8. The first-order valence-corrected chi connectivity index (χ1v) is 17.4. The Hall–Kier alpha value is -1.23. The molecule has 0 radical (unpaired) electrons. The Balaban J connectivity index is 0.947. The first kappa shape index (κ1) is 32.9. The summed E-state index contributed by atoms with van der Waals surface area (Å²) in [4.78, 5) is 13.4. The van der Waals surface area contributed by atoms with Gasteiger partial charge in [-0.3, -0.25) is 4.79 Å². The van der Waals surface area contributed by atoms with Crippen LogP contribution in [0.25, 0.3) is 0 Å². The van der Waals surface area contributed by atoms with Crippen LogP contribution in [0.1, 0.15) is 78.6 Å². The van der Waals surface area contributed by atoms with Gasteiger partial charge in [-0.1, -0.05) is 18.6 Å². The number of ether oxygens (including phenoxy) is 7. The molecule has 0 aromatic rings. The lowest BCUT2D eigenvalue weighted by molar-refractivity contribution is -0.347. The van der Waals surface area contributed by atoms with Gasteiger partial charge >= 0.3 is 5.97 Å². The molecule has 4 saturated heterocycles. The number of hydrogen-bond donors (Lipinski definition) is 5. The van der Waals surface area contributed by atoms with Gasteiger partial charge in [-0.2, -0.15) is 0 Å². The molecular formula is C34H50O13. The van der Waals surface area contributed by atoms with Crippen molar-refractivity contribution in [2.24, 2.45) is 22.7 Å². The highest BCUT2D eigenvalue weighted by molar-refractivity contribution is 5.85. The zero-order valence-corrected chi connectivity index (χ0v) is 27.6. The van der Waals surface area contributed by atoms with Gasteiger partial charge in [-0.05, 0) is 69.6 Å². The molecule has 0 aromatic carbocycles. The summed E-state index contributed by atoms with van der Waals surface area (Å²) in [6.07, 6.45) is -1.06. The molecule has 3 saturated carbocycles. The zero-order chi connectivity index (χ0) is 33.3. The van der Waals surface area contributed by atoms with E-state index in [2.05, 4.69) is 13.0 Å². The molecule has 8 aliphatic rings. The molecule has 47 heavy (non-hydrogen) atoms. The smallest absolute Gasteiger partial charge is 0.318 e. The maximum atomic E-state index is 13.4. The predicted molar refractivity (Wildman–Crippen MR) is 159 cm³/mol. The Labute approximate surface area is 274 Å². The third-order valence-corrected chi connectivity index (χ3v) is 13.9. The lowest BCUT2D eigenvalue weighted by Gasteiger charge is -2.65. The Morgan fingerprint density at radius 3 is 2.49 bits per heavy atom. The fourth-order valence-electron chi connectivity index (χ4n) is 11.6. The molecule has 4 aliphatic carbocycles. The van der Waals surface area contributed by atoms with E-state index in [9.17, 15) is 30.3 Å². The quantitative estimate of drug-likeness (QED) is 0.199. The monoisotopic (exact) mass is 666 g/mol. The van der Waals surface area contributed by atoms with Crippen molar-refractivity contribution in [3.63, 3.8) is 0 Å². The molecule has 4 heterocycles. The van der Waals surface area contributed by atoms with Crippen LogP contribution < -0.4 is 0 Å². The van der Waals surface area contributed by atoms with Crippen molar-refractivity contribution in [1.82, 2.24) is 0 Å².